The molecule has 2 aromatic rings. The van der Waals surface area contributed by atoms with Gasteiger partial charge >= 0.3 is 5.97 Å². The highest BCUT2D eigenvalue weighted by Gasteiger charge is 2.24. The smallest absolute Gasteiger partial charge is 0.338 e. The predicted molar refractivity (Wildman–Crippen MR) is 86.5 cm³/mol. The van der Waals surface area contributed by atoms with Gasteiger partial charge in [0.05, 0.1) is 12.2 Å². The molecule has 0 aromatic heterocycles. The van der Waals surface area contributed by atoms with Gasteiger partial charge in [0.25, 0.3) is 0 Å². The summed E-state index contributed by atoms with van der Waals surface area (Å²) in [6, 6.07) is 12.7. The molecule has 1 aliphatic rings. The van der Waals surface area contributed by atoms with Gasteiger partial charge in [0.15, 0.2) is 0 Å². The maximum Gasteiger partial charge on any atom is 0.338 e. The molecule has 4 heteroatoms. The van der Waals surface area contributed by atoms with E-state index in [2.05, 4.69) is 0 Å². The van der Waals surface area contributed by atoms with Crippen LogP contribution in [0.15, 0.2) is 42.5 Å². The quantitative estimate of drug-likeness (QED) is 0.692. The zero-order valence-corrected chi connectivity index (χ0v) is 13.1. The lowest BCUT2D eigenvalue weighted by molar-refractivity contribution is 0.0499. The van der Waals surface area contributed by atoms with Gasteiger partial charge in [-0.25, -0.2) is 4.79 Å². The van der Waals surface area contributed by atoms with Gasteiger partial charge in [-0.3, -0.25) is 0 Å². The van der Waals surface area contributed by atoms with Crippen molar-refractivity contribution in [3.05, 3.63) is 64.7 Å². The molecule has 0 aliphatic carbocycles. The molecule has 1 atom stereocenters. The zero-order valence-electron chi connectivity index (χ0n) is 13.1. The fourth-order valence-electron chi connectivity index (χ4n) is 2.67. The van der Waals surface area contributed by atoms with Crippen molar-refractivity contribution in [2.45, 2.75) is 32.5 Å². The molecule has 2 aromatic carbocycles. The highest BCUT2D eigenvalue weighted by atomic mass is 16.5. The normalized spacial score (nSPS) is 15.8. The summed E-state index contributed by atoms with van der Waals surface area (Å²) >= 11 is 0. The van der Waals surface area contributed by atoms with E-state index in [4.69, 9.17) is 9.47 Å². The van der Waals surface area contributed by atoms with Crippen LogP contribution < -0.4 is 4.74 Å². The van der Waals surface area contributed by atoms with Gasteiger partial charge < -0.3 is 14.6 Å². The lowest BCUT2D eigenvalue weighted by atomic mass is 9.96. The standard InChI is InChI=1S/C19H20O4/c1-2-3-10-22-19(21)13-8-9-17-16(11-13)18(20)15-7-5-4-6-14(15)12-23-17/h4-9,11,18,20H,2-3,10,12H2,1H3. The Morgan fingerprint density at radius 1 is 1.26 bits per heavy atom. The fourth-order valence-corrected chi connectivity index (χ4v) is 2.67. The third kappa shape index (κ3) is 3.22. The van der Waals surface area contributed by atoms with Crippen LogP contribution in [0.25, 0.3) is 0 Å². The summed E-state index contributed by atoms with van der Waals surface area (Å²) in [5.74, 6) is 0.227. The number of carbonyl (C=O) groups excluding carboxylic acids is 1. The van der Waals surface area contributed by atoms with Crippen molar-refractivity contribution in [3.8, 4) is 5.75 Å². The second kappa shape index (κ2) is 6.84. The Morgan fingerprint density at radius 2 is 2.09 bits per heavy atom. The number of fused-ring (bicyclic) bond motifs is 2. The van der Waals surface area contributed by atoms with Crippen LogP contribution in [-0.4, -0.2) is 17.7 Å². The van der Waals surface area contributed by atoms with Crippen molar-refractivity contribution in [2.75, 3.05) is 6.61 Å². The summed E-state index contributed by atoms with van der Waals surface area (Å²) in [7, 11) is 0. The van der Waals surface area contributed by atoms with Gasteiger partial charge in [-0.1, -0.05) is 37.6 Å². The second-order valence-corrected chi connectivity index (χ2v) is 5.63. The van der Waals surface area contributed by atoms with Gasteiger partial charge in [-0.2, -0.15) is 0 Å². The van der Waals surface area contributed by atoms with Crippen molar-refractivity contribution >= 4 is 5.97 Å². The van der Waals surface area contributed by atoms with Gasteiger partial charge in [0.1, 0.15) is 18.5 Å². The summed E-state index contributed by atoms with van der Waals surface area (Å²) in [4.78, 5) is 12.1. The van der Waals surface area contributed by atoms with E-state index in [1.165, 1.54) is 0 Å². The molecule has 0 spiro atoms. The Kier molecular flexibility index (Phi) is 4.63. The zero-order chi connectivity index (χ0) is 16.2. The minimum absolute atomic E-state index is 0.369. The van der Waals surface area contributed by atoms with Crippen molar-refractivity contribution < 1.29 is 19.4 Å². The van der Waals surface area contributed by atoms with Crippen LogP contribution in [0.2, 0.25) is 0 Å². The minimum atomic E-state index is -0.813. The van der Waals surface area contributed by atoms with Crippen LogP contribution in [0.5, 0.6) is 5.75 Å². The Bertz CT molecular complexity index is 708. The van der Waals surface area contributed by atoms with Crippen molar-refractivity contribution in [1.29, 1.82) is 0 Å². The van der Waals surface area contributed by atoms with Gasteiger partial charge in [0.2, 0.25) is 0 Å². The molecule has 1 aliphatic heterocycles. The van der Waals surface area contributed by atoms with Crippen LogP contribution in [0.3, 0.4) is 0 Å². The summed E-state index contributed by atoms with van der Waals surface area (Å²) in [6.45, 7) is 2.86. The van der Waals surface area contributed by atoms with Gasteiger partial charge in [-0.05, 0) is 35.7 Å². The number of unbranched alkanes of at least 4 members (excludes halogenated alkanes) is 1. The van der Waals surface area contributed by atoms with Gasteiger partial charge in [-0.15, -0.1) is 0 Å². The third-order valence-corrected chi connectivity index (χ3v) is 4.00. The van der Waals surface area contributed by atoms with Crippen molar-refractivity contribution in [1.82, 2.24) is 0 Å². The lowest BCUT2D eigenvalue weighted by Crippen LogP contribution is -2.08. The molecule has 0 saturated carbocycles. The molecule has 0 amide bonds. The van der Waals surface area contributed by atoms with E-state index < -0.39 is 6.10 Å². The Balaban J connectivity index is 1.89. The molecule has 0 radical (unpaired) electrons. The molecular formula is C19H20O4. The highest BCUT2D eigenvalue weighted by Crippen LogP contribution is 2.36. The number of esters is 1. The number of hydrogen-bond acceptors (Lipinski definition) is 4. The highest BCUT2D eigenvalue weighted by molar-refractivity contribution is 5.90. The van der Waals surface area contributed by atoms with Crippen LogP contribution in [-0.2, 0) is 11.3 Å². The Hall–Kier alpha value is -2.33. The number of benzene rings is 2. The molecule has 0 bridgehead atoms. The number of hydrogen-bond donors (Lipinski definition) is 1. The van der Waals surface area contributed by atoms with Crippen LogP contribution >= 0.6 is 0 Å². The monoisotopic (exact) mass is 312 g/mol. The van der Waals surface area contributed by atoms with E-state index in [0.717, 1.165) is 24.0 Å². The summed E-state index contributed by atoms with van der Waals surface area (Å²) in [5, 5.41) is 10.7. The summed E-state index contributed by atoms with van der Waals surface area (Å²) in [6.07, 6.45) is 1.00. The van der Waals surface area contributed by atoms with Crippen LogP contribution in [0, 0.1) is 0 Å². The first-order valence-corrected chi connectivity index (χ1v) is 7.90. The van der Waals surface area contributed by atoms with Crippen LogP contribution in [0.1, 0.15) is 52.9 Å². The second-order valence-electron chi connectivity index (χ2n) is 5.63. The molecule has 4 nitrogen and oxygen atoms in total. The SMILES string of the molecule is CCCCOC(=O)c1ccc2c(c1)C(O)c1ccccc1CO2. The molecular weight excluding hydrogens is 292 g/mol. The first-order chi connectivity index (χ1) is 11.2. The number of carbonyl (C=O) groups is 1. The van der Waals surface area contributed by atoms with E-state index in [1.807, 2.05) is 31.2 Å². The fraction of sp³-hybridized carbons (Fsp3) is 0.316. The van der Waals surface area contributed by atoms with E-state index in [9.17, 15) is 9.90 Å². The average molecular weight is 312 g/mol. The maximum absolute atomic E-state index is 12.1. The average Bonchev–Trinajstić information content (AvgIpc) is 2.72. The first kappa shape index (κ1) is 15.6. The molecule has 1 N–H and O–H groups in total. The molecule has 0 fully saturated rings. The van der Waals surface area contributed by atoms with E-state index >= 15 is 0 Å². The maximum atomic E-state index is 12.1. The number of aliphatic hydroxyl groups excluding tert-OH is 1. The molecule has 23 heavy (non-hydrogen) atoms. The lowest BCUT2D eigenvalue weighted by Gasteiger charge is -2.14. The number of ether oxygens (including phenoxy) is 2. The predicted octanol–water partition coefficient (Wildman–Crippen LogP) is 3.62. The van der Waals surface area contributed by atoms with E-state index in [-0.39, 0.29) is 5.97 Å². The van der Waals surface area contributed by atoms with Crippen LogP contribution in [0.4, 0.5) is 0 Å². The summed E-state index contributed by atoms with van der Waals surface area (Å²) < 4.78 is 11.0. The van der Waals surface area contributed by atoms with Gasteiger partial charge in [0, 0.05) is 5.56 Å². The third-order valence-electron chi connectivity index (χ3n) is 4.00. The summed E-state index contributed by atoms with van der Waals surface area (Å²) in [5.41, 5.74) is 2.78. The topological polar surface area (TPSA) is 55.8 Å². The molecule has 3 rings (SSSR count). The van der Waals surface area contributed by atoms with Crippen molar-refractivity contribution in [2.24, 2.45) is 0 Å². The Morgan fingerprint density at radius 3 is 2.91 bits per heavy atom. The molecule has 120 valence electrons. The number of aliphatic hydroxyl groups is 1. The van der Waals surface area contributed by atoms with E-state index in [1.54, 1.807) is 18.2 Å². The first-order valence-electron chi connectivity index (χ1n) is 7.90. The largest absolute Gasteiger partial charge is 0.488 e. The van der Waals surface area contributed by atoms with Crippen molar-refractivity contribution in [3.63, 3.8) is 0 Å². The molecule has 1 heterocycles. The minimum Gasteiger partial charge on any atom is -0.488 e. The molecule has 1 unspecified atom stereocenters. The Labute approximate surface area is 135 Å². The molecule has 0 saturated heterocycles. The number of rotatable bonds is 4. The van der Waals surface area contributed by atoms with E-state index in [0.29, 0.717) is 30.1 Å².